The van der Waals surface area contributed by atoms with Crippen molar-refractivity contribution in [2.45, 2.75) is 45.1 Å². The Bertz CT molecular complexity index is 1410. The summed E-state index contributed by atoms with van der Waals surface area (Å²) >= 11 is 0.962. The molecule has 1 aromatic carbocycles. The molecule has 19 heteroatoms. The summed E-state index contributed by atoms with van der Waals surface area (Å²) in [6, 6.07) is 2.83. The maximum absolute atomic E-state index is 12.9. The summed E-state index contributed by atoms with van der Waals surface area (Å²) in [5.41, 5.74) is 3.67. The van der Waals surface area contributed by atoms with E-state index in [9.17, 15) is 37.5 Å². The molecule has 0 spiro atoms. The number of rotatable bonds is 10. The Morgan fingerprint density at radius 3 is 2.41 bits per heavy atom. The summed E-state index contributed by atoms with van der Waals surface area (Å²) in [4.78, 5) is 57.0. The Kier molecular flexibility index (Phi) is 10.1. The van der Waals surface area contributed by atoms with E-state index in [1.807, 2.05) is 0 Å². The van der Waals surface area contributed by atoms with Crippen LogP contribution in [0, 0.1) is 10.1 Å². The van der Waals surface area contributed by atoms with Crippen molar-refractivity contribution in [3.8, 4) is 0 Å². The van der Waals surface area contributed by atoms with Gasteiger partial charge in [0, 0.05) is 17.5 Å². The van der Waals surface area contributed by atoms with Gasteiger partial charge in [0.25, 0.3) is 17.5 Å². The summed E-state index contributed by atoms with van der Waals surface area (Å²) in [7, 11) is -5.05. The molecule has 2 heterocycles. The predicted molar refractivity (Wildman–Crippen MR) is 129 cm³/mol. The van der Waals surface area contributed by atoms with Crippen LogP contribution in [0.15, 0.2) is 34.8 Å². The van der Waals surface area contributed by atoms with Gasteiger partial charge in [-0.2, -0.15) is 0 Å². The number of nitrogens with two attached hydrogens (primary N) is 1. The van der Waals surface area contributed by atoms with Crippen LogP contribution in [0.3, 0.4) is 0 Å². The van der Waals surface area contributed by atoms with Gasteiger partial charge >= 0.3 is 35.5 Å². The third-order valence-corrected chi connectivity index (χ3v) is 6.88. The molecule has 2 atom stereocenters. The number of benzene rings is 1. The zero-order chi connectivity index (χ0) is 28.4. The Labute approximate surface area is 247 Å². The topological polar surface area (TPSA) is 237 Å². The second-order valence-corrected chi connectivity index (χ2v) is 10.5. The molecule has 1 aliphatic heterocycles. The van der Waals surface area contributed by atoms with Gasteiger partial charge in [-0.25, -0.2) is 22.5 Å². The monoisotopic (exact) mass is 592 g/mol. The van der Waals surface area contributed by atoms with E-state index in [0.29, 0.717) is 5.56 Å². The number of hydrogen-bond donors (Lipinski definition) is 2. The summed E-state index contributed by atoms with van der Waals surface area (Å²) in [6.07, 6.45) is 0. The van der Waals surface area contributed by atoms with E-state index in [-0.39, 0.29) is 57.0 Å². The summed E-state index contributed by atoms with van der Waals surface area (Å²) < 4.78 is 38.8. The summed E-state index contributed by atoms with van der Waals surface area (Å²) in [6.45, 7) is 3.62. The number of carbonyl (C=O) groups excluding carboxylic acids is 3. The van der Waals surface area contributed by atoms with Gasteiger partial charge in [0.05, 0.1) is 11.0 Å². The number of nitro benzene ring substituents is 1. The van der Waals surface area contributed by atoms with Crippen LogP contribution in [-0.4, -0.2) is 68.4 Å². The number of nitro groups is 1. The Morgan fingerprint density at radius 1 is 1.31 bits per heavy atom. The SMILES string of the molecule is C[C@@H]1[C@H](NC(=O)/C(=N/OC(C)(C)C(=O)OCc2ccc([N+](=O)[O-])cc2)c2csc(N)n2)C(=O)N1S(=O)(=O)[O-].[Na+]. The molecule has 2 aromatic rings. The number of esters is 1. The third-order valence-electron chi connectivity index (χ3n) is 5.22. The second-order valence-electron chi connectivity index (χ2n) is 8.40. The number of oxime groups is 1. The van der Waals surface area contributed by atoms with Crippen molar-refractivity contribution in [2.75, 3.05) is 5.73 Å². The summed E-state index contributed by atoms with van der Waals surface area (Å²) in [5.74, 6) is -3.04. The number of nitrogen functional groups attached to an aromatic ring is 1. The Balaban J connectivity index is 0.00000533. The first-order valence-electron chi connectivity index (χ1n) is 10.6. The normalized spacial score (nSPS) is 17.5. The van der Waals surface area contributed by atoms with Gasteiger partial charge in [-0.15, -0.1) is 11.3 Å². The van der Waals surface area contributed by atoms with E-state index in [1.165, 1.54) is 50.4 Å². The van der Waals surface area contributed by atoms with E-state index < -0.39 is 56.4 Å². The zero-order valence-corrected chi connectivity index (χ0v) is 24.6. The van der Waals surface area contributed by atoms with Crippen LogP contribution in [0.4, 0.5) is 10.8 Å². The van der Waals surface area contributed by atoms with Crippen molar-refractivity contribution in [1.29, 1.82) is 0 Å². The average Bonchev–Trinajstić information content (AvgIpc) is 3.26. The van der Waals surface area contributed by atoms with E-state index in [2.05, 4.69) is 15.5 Å². The molecule has 204 valence electrons. The molecule has 0 radical (unpaired) electrons. The number of β-lactam (4-membered cyclic amide) rings is 1. The number of anilines is 1. The van der Waals surface area contributed by atoms with Crippen molar-refractivity contribution in [2.24, 2.45) is 5.16 Å². The van der Waals surface area contributed by atoms with Crippen molar-refractivity contribution in [1.82, 2.24) is 14.6 Å². The fourth-order valence-corrected chi connectivity index (χ4v) is 4.55. The number of aromatic nitrogens is 1. The van der Waals surface area contributed by atoms with Gasteiger partial charge < -0.3 is 25.2 Å². The number of nitrogens with zero attached hydrogens (tertiary/aromatic N) is 4. The smallest absolute Gasteiger partial charge is 0.731 e. The molecule has 0 saturated carbocycles. The van der Waals surface area contributed by atoms with Crippen LogP contribution in [0.1, 0.15) is 32.0 Å². The second kappa shape index (κ2) is 12.3. The zero-order valence-electron chi connectivity index (χ0n) is 21.0. The first-order chi connectivity index (χ1) is 17.6. The van der Waals surface area contributed by atoms with Crippen LogP contribution < -0.4 is 40.6 Å². The fourth-order valence-electron chi connectivity index (χ4n) is 3.14. The Hall–Kier alpha value is -3.16. The van der Waals surface area contributed by atoms with E-state index >= 15 is 0 Å². The van der Waals surface area contributed by atoms with Crippen LogP contribution in [0.25, 0.3) is 0 Å². The van der Waals surface area contributed by atoms with Crippen molar-refractivity contribution < 1.29 is 71.4 Å². The van der Waals surface area contributed by atoms with Crippen LogP contribution in [-0.2, 0) is 40.9 Å². The first kappa shape index (κ1) is 32.1. The van der Waals surface area contributed by atoms with E-state index in [0.717, 1.165) is 11.3 Å². The van der Waals surface area contributed by atoms with Gasteiger partial charge in [-0.05, 0) is 38.5 Å². The number of non-ortho nitro benzene ring substituents is 1. The van der Waals surface area contributed by atoms with Gasteiger partial charge in [0.15, 0.2) is 21.1 Å². The van der Waals surface area contributed by atoms with E-state index in [1.54, 1.807) is 0 Å². The van der Waals surface area contributed by atoms with Crippen molar-refractivity contribution in [3.63, 3.8) is 0 Å². The first-order valence-corrected chi connectivity index (χ1v) is 12.8. The Morgan fingerprint density at radius 2 is 1.92 bits per heavy atom. The number of ether oxygens (including phenoxy) is 1. The van der Waals surface area contributed by atoms with Gasteiger partial charge in [0.2, 0.25) is 5.60 Å². The minimum Gasteiger partial charge on any atom is -0.731 e. The fraction of sp³-hybridized carbons (Fsp3) is 0.350. The van der Waals surface area contributed by atoms with Gasteiger partial charge in [-0.1, -0.05) is 5.16 Å². The minimum atomic E-state index is -5.05. The summed E-state index contributed by atoms with van der Waals surface area (Å²) in [5, 5.41) is 18.2. The molecule has 0 bridgehead atoms. The minimum absolute atomic E-state index is 0. The maximum atomic E-state index is 12.9. The number of carbonyl (C=O) groups is 3. The molecule has 1 fully saturated rings. The molecular formula is C20H21N6NaO10S2. The molecule has 0 unspecified atom stereocenters. The van der Waals surface area contributed by atoms with Gasteiger partial charge in [0.1, 0.15) is 18.3 Å². The average molecular weight is 593 g/mol. The van der Waals surface area contributed by atoms with Gasteiger partial charge in [-0.3, -0.25) is 19.7 Å². The molecule has 1 saturated heterocycles. The van der Waals surface area contributed by atoms with Crippen LogP contribution in [0.5, 0.6) is 0 Å². The molecule has 2 amide bonds. The van der Waals surface area contributed by atoms with Crippen LogP contribution >= 0.6 is 11.3 Å². The molecule has 3 rings (SSSR count). The molecule has 39 heavy (non-hydrogen) atoms. The van der Waals surface area contributed by atoms with Crippen LogP contribution in [0.2, 0.25) is 0 Å². The molecule has 0 aliphatic carbocycles. The molecule has 1 aliphatic rings. The third kappa shape index (κ3) is 7.49. The number of amides is 2. The quantitative estimate of drug-likeness (QED) is 0.0536. The molecule has 1 aromatic heterocycles. The largest absolute Gasteiger partial charge is 1.00 e. The molecule has 16 nitrogen and oxygen atoms in total. The predicted octanol–water partition coefficient (Wildman–Crippen LogP) is -2.94. The van der Waals surface area contributed by atoms with Crippen molar-refractivity contribution in [3.05, 3.63) is 51.0 Å². The maximum Gasteiger partial charge on any atom is 1.00 e. The number of nitrogens with one attached hydrogen (secondary N) is 1. The number of hydrogen-bond acceptors (Lipinski definition) is 14. The van der Waals surface area contributed by atoms with E-state index in [4.69, 9.17) is 15.3 Å². The molecule has 3 N–H and O–H groups in total. The van der Waals surface area contributed by atoms with Crippen molar-refractivity contribution >= 4 is 56.0 Å². The molecular weight excluding hydrogens is 571 g/mol. The standard InChI is InChI=1S/C20H22N6O10S2.Na/c1-10-14(17(28)25(10)38(32,33)34)23-16(27)15(13-9-37-19(21)22-13)24-36-20(2,3)18(29)35-8-11-4-6-12(7-5-11)26(30)31;/h4-7,9-10,14H,8H2,1-3H3,(H2,21,22)(H,23,27)(H,32,33,34);/q;+1/p-1/b24-15+;/t10-,14+;/m1./s1. The number of thiazole rings is 1.